The molecule has 0 heterocycles. The van der Waals surface area contributed by atoms with Gasteiger partial charge in [-0.1, -0.05) is 6.07 Å². The molecule has 1 saturated carbocycles. The molecule has 0 spiro atoms. The molecule has 18 heavy (non-hydrogen) atoms. The van der Waals surface area contributed by atoms with Gasteiger partial charge in [-0.15, -0.1) is 0 Å². The lowest BCUT2D eigenvalue weighted by molar-refractivity contribution is 0.0265. The first kappa shape index (κ1) is 12.9. The fourth-order valence-corrected chi connectivity index (χ4v) is 2.41. The van der Waals surface area contributed by atoms with Crippen molar-refractivity contribution >= 4 is 11.6 Å². The number of carbonyl (C=O) groups is 1. The van der Waals surface area contributed by atoms with Gasteiger partial charge >= 0.3 is 0 Å². The summed E-state index contributed by atoms with van der Waals surface area (Å²) in [6, 6.07) is 5.41. The minimum absolute atomic E-state index is 0.00110. The van der Waals surface area contributed by atoms with Crippen LogP contribution in [0, 0.1) is 12.8 Å². The predicted octanol–water partition coefficient (Wildman–Crippen LogP) is 1.42. The second-order valence-corrected chi connectivity index (χ2v) is 5.20. The lowest BCUT2D eigenvalue weighted by atomic mass is 9.82. The molecular formula is C14H20N2O2. The molecule has 0 aromatic heterocycles. The number of benzene rings is 1. The Morgan fingerprint density at radius 3 is 2.78 bits per heavy atom. The first-order valence-corrected chi connectivity index (χ1v) is 6.27. The highest BCUT2D eigenvalue weighted by Crippen LogP contribution is 2.28. The number of amides is 1. The zero-order valence-corrected chi connectivity index (χ0v) is 10.9. The Hall–Kier alpha value is -1.55. The second-order valence-electron chi connectivity index (χ2n) is 5.20. The van der Waals surface area contributed by atoms with Gasteiger partial charge < -0.3 is 15.7 Å². The van der Waals surface area contributed by atoms with E-state index in [1.165, 1.54) is 0 Å². The van der Waals surface area contributed by atoms with Crippen LogP contribution >= 0.6 is 0 Å². The summed E-state index contributed by atoms with van der Waals surface area (Å²) in [6.45, 7) is 2.56. The van der Waals surface area contributed by atoms with Gasteiger partial charge in [-0.05, 0) is 43.4 Å². The van der Waals surface area contributed by atoms with Crippen LogP contribution in [-0.4, -0.2) is 35.6 Å². The molecule has 0 bridgehead atoms. The molecule has 4 heteroatoms. The van der Waals surface area contributed by atoms with Crippen molar-refractivity contribution in [2.75, 3.05) is 19.3 Å². The molecule has 1 aliphatic carbocycles. The van der Waals surface area contributed by atoms with Gasteiger partial charge in [0.1, 0.15) is 0 Å². The molecule has 1 fully saturated rings. The molecule has 2 rings (SSSR count). The summed E-state index contributed by atoms with van der Waals surface area (Å²) in [6.07, 6.45) is 1.42. The molecule has 1 amide bonds. The highest BCUT2D eigenvalue weighted by Gasteiger charge is 2.29. The number of rotatable bonds is 3. The van der Waals surface area contributed by atoms with Crippen molar-refractivity contribution in [2.45, 2.75) is 25.9 Å². The quantitative estimate of drug-likeness (QED) is 0.795. The fourth-order valence-electron chi connectivity index (χ4n) is 2.41. The number of hydrogen-bond acceptors (Lipinski definition) is 3. The van der Waals surface area contributed by atoms with Crippen LogP contribution in [0.4, 0.5) is 5.69 Å². The van der Waals surface area contributed by atoms with Gasteiger partial charge in [0, 0.05) is 24.8 Å². The molecule has 3 N–H and O–H groups in total. The van der Waals surface area contributed by atoms with E-state index in [-0.39, 0.29) is 12.0 Å². The van der Waals surface area contributed by atoms with Crippen LogP contribution in [0.3, 0.4) is 0 Å². The Balaban J connectivity index is 2.04. The Labute approximate surface area is 107 Å². The van der Waals surface area contributed by atoms with Crippen molar-refractivity contribution in [3.63, 3.8) is 0 Å². The molecule has 0 aliphatic heterocycles. The van der Waals surface area contributed by atoms with Crippen LogP contribution in [0.25, 0.3) is 0 Å². The van der Waals surface area contributed by atoms with Crippen LogP contribution in [0.1, 0.15) is 28.8 Å². The maximum atomic E-state index is 12.3. The molecule has 0 atom stereocenters. The van der Waals surface area contributed by atoms with Crippen molar-refractivity contribution in [1.82, 2.24) is 4.90 Å². The second kappa shape index (κ2) is 4.98. The summed E-state index contributed by atoms with van der Waals surface area (Å²) in [4.78, 5) is 14.0. The Morgan fingerprint density at radius 2 is 2.17 bits per heavy atom. The molecule has 0 unspecified atom stereocenters. The van der Waals surface area contributed by atoms with E-state index in [4.69, 9.17) is 5.73 Å². The van der Waals surface area contributed by atoms with Gasteiger partial charge in [-0.3, -0.25) is 4.79 Å². The molecule has 1 aromatic rings. The number of nitrogens with two attached hydrogens (primary N) is 1. The van der Waals surface area contributed by atoms with Crippen molar-refractivity contribution in [1.29, 1.82) is 0 Å². The molecule has 0 radical (unpaired) electrons. The first-order valence-electron chi connectivity index (χ1n) is 6.27. The highest BCUT2D eigenvalue weighted by molar-refractivity contribution is 5.96. The van der Waals surface area contributed by atoms with Crippen LogP contribution in [0.15, 0.2) is 18.2 Å². The Kier molecular flexibility index (Phi) is 3.57. The van der Waals surface area contributed by atoms with Gasteiger partial charge in [0.25, 0.3) is 5.91 Å². The normalized spacial score (nSPS) is 22.4. The van der Waals surface area contributed by atoms with Gasteiger partial charge in [-0.25, -0.2) is 0 Å². The van der Waals surface area contributed by atoms with E-state index in [1.807, 2.05) is 6.92 Å². The number of nitrogen functional groups attached to an aromatic ring is 1. The van der Waals surface area contributed by atoms with E-state index in [0.29, 0.717) is 23.7 Å². The number of aliphatic hydroxyl groups excluding tert-OH is 1. The number of anilines is 1. The number of nitrogens with zero attached hydrogens (tertiary/aromatic N) is 1. The third-order valence-corrected chi connectivity index (χ3v) is 3.70. The maximum absolute atomic E-state index is 12.3. The molecule has 0 saturated heterocycles. The topological polar surface area (TPSA) is 66.6 Å². The van der Waals surface area contributed by atoms with Gasteiger partial charge in [-0.2, -0.15) is 0 Å². The van der Waals surface area contributed by atoms with Crippen LogP contribution in [-0.2, 0) is 0 Å². The van der Waals surface area contributed by atoms with Crippen molar-refractivity contribution in [2.24, 2.45) is 5.92 Å². The average Bonchev–Trinajstić information content (AvgIpc) is 2.30. The summed E-state index contributed by atoms with van der Waals surface area (Å²) >= 11 is 0. The molecular weight excluding hydrogens is 228 g/mol. The monoisotopic (exact) mass is 248 g/mol. The number of carbonyl (C=O) groups excluding carboxylic acids is 1. The summed E-state index contributed by atoms with van der Waals surface area (Å²) in [7, 11) is 1.80. The van der Waals surface area contributed by atoms with E-state index in [9.17, 15) is 9.90 Å². The van der Waals surface area contributed by atoms with Crippen LogP contribution < -0.4 is 5.73 Å². The number of hydrogen-bond donors (Lipinski definition) is 2. The largest absolute Gasteiger partial charge is 0.398 e. The van der Waals surface area contributed by atoms with E-state index in [2.05, 4.69) is 0 Å². The lowest BCUT2D eigenvalue weighted by Crippen LogP contribution is -2.39. The zero-order chi connectivity index (χ0) is 13.3. The first-order chi connectivity index (χ1) is 8.49. The molecule has 1 aliphatic rings. The summed E-state index contributed by atoms with van der Waals surface area (Å²) < 4.78 is 0. The Morgan fingerprint density at radius 1 is 1.50 bits per heavy atom. The Bertz CT molecular complexity index is 453. The van der Waals surface area contributed by atoms with Gasteiger partial charge in [0.15, 0.2) is 0 Å². The van der Waals surface area contributed by atoms with E-state index >= 15 is 0 Å². The third-order valence-electron chi connectivity index (χ3n) is 3.70. The summed E-state index contributed by atoms with van der Waals surface area (Å²) in [5.74, 6) is 0.427. The predicted molar refractivity (Wildman–Crippen MR) is 71.3 cm³/mol. The van der Waals surface area contributed by atoms with Crippen molar-refractivity contribution in [3.8, 4) is 0 Å². The average molecular weight is 248 g/mol. The van der Waals surface area contributed by atoms with Gasteiger partial charge in [0.05, 0.1) is 6.10 Å². The molecule has 98 valence electrons. The number of aliphatic hydroxyl groups is 1. The molecule has 1 aromatic carbocycles. The smallest absolute Gasteiger partial charge is 0.253 e. The van der Waals surface area contributed by atoms with Crippen molar-refractivity contribution in [3.05, 3.63) is 29.3 Å². The standard InChI is InChI=1S/C14H20N2O2/c1-9-12(4-3-5-13(9)15)14(18)16(2)8-10-6-11(17)7-10/h3-5,10-11,17H,6-8,15H2,1-2H3. The van der Waals surface area contributed by atoms with E-state index in [0.717, 1.165) is 18.4 Å². The maximum Gasteiger partial charge on any atom is 0.253 e. The minimum Gasteiger partial charge on any atom is -0.398 e. The third kappa shape index (κ3) is 2.48. The van der Waals surface area contributed by atoms with E-state index < -0.39 is 0 Å². The van der Waals surface area contributed by atoms with Gasteiger partial charge in [0.2, 0.25) is 0 Å². The summed E-state index contributed by atoms with van der Waals surface area (Å²) in [5.41, 5.74) is 7.96. The minimum atomic E-state index is -0.174. The molecule has 4 nitrogen and oxygen atoms in total. The highest BCUT2D eigenvalue weighted by atomic mass is 16.3. The summed E-state index contributed by atoms with van der Waals surface area (Å²) in [5, 5.41) is 9.25. The van der Waals surface area contributed by atoms with Crippen LogP contribution in [0.2, 0.25) is 0 Å². The SMILES string of the molecule is Cc1c(N)cccc1C(=O)N(C)CC1CC(O)C1. The zero-order valence-electron chi connectivity index (χ0n) is 10.9. The van der Waals surface area contributed by atoms with E-state index in [1.54, 1.807) is 30.1 Å². The van der Waals surface area contributed by atoms with Crippen molar-refractivity contribution < 1.29 is 9.90 Å². The van der Waals surface area contributed by atoms with Crippen LogP contribution in [0.5, 0.6) is 0 Å². The lowest BCUT2D eigenvalue weighted by Gasteiger charge is -2.34. The fraction of sp³-hybridized carbons (Fsp3) is 0.500.